The normalized spacial score (nSPS) is 16.3. The summed E-state index contributed by atoms with van der Waals surface area (Å²) in [6.07, 6.45) is 1.37. The van der Waals surface area contributed by atoms with Crippen molar-refractivity contribution in [3.8, 4) is 0 Å². The van der Waals surface area contributed by atoms with E-state index < -0.39 is 28.0 Å². The van der Waals surface area contributed by atoms with Crippen LogP contribution in [0.25, 0.3) is 0 Å². The lowest BCUT2D eigenvalue weighted by atomic mass is 10.2. The van der Waals surface area contributed by atoms with Gasteiger partial charge in [0.2, 0.25) is 10.0 Å². The summed E-state index contributed by atoms with van der Waals surface area (Å²) in [4.78, 5) is 24.2. The Bertz CT molecular complexity index is 775. The van der Waals surface area contributed by atoms with Gasteiger partial charge >= 0.3 is 5.97 Å². The second-order valence-corrected chi connectivity index (χ2v) is 8.44. The van der Waals surface area contributed by atoms with E-state index in [1.165, 1.54) is 29.4 Å². The van der Waals surface area contributed by atoms with Gasteiger partial charge in [-0.1, -0.05) is 18.5 Å². The predicted octanol–water partition coefficient (Wildman–Crippen LogP) is 2.20. The van der Waals surface area contributed by atoms with Crippen molar-refractivity contribution in [2.24, 2.45) is 0 Å². The number of esters is 1. The van der Waals surface area contributed by atoms with Crippen LogP contribution in [-0.2, 0) is 19.6 Å². The van der Waals surface area contributed by atoms with E-state index in [0.717, 1.165) is 19.3 Å². The van der Waals surface area contributed by atoms with Gasteiger partial charge in [-0.2, -0.15) is 4.31 Å². The van der Waals surface area contributed by atoms with Crippen LogP contribution in [0.1, 0.15) is 43.5 Å². The Labute approximate surface area is 158 Å². The fourth-order valence-electron chi connectivity index (χ4n) is 2.57. The lowest BCUT2D eigenvalue weighted by molar-refractivity contribution is -0.129. The number of ether oxygens (including phenoxy) is 1. The molecule has 1 heterocycles. The molecule has 0 radical (unpaired) electrons. The number of carbonyl (C=O) groups is 2. The molecular weight excluding hydrogens is 380 g/mol. The molecular formula is C17H23ClN2O5S. The molecule has 1 aliphatic heterocycles. The molecule has 1 fully saturated rings. The summed E-state index contributed by atoms with van der Waals surface area (Å²) < 4.78 is 31.8. The molecule has 26 heavy (non-hydrogen) atoms. The van der Waals surface area contributed by atoms with Crippen molar-refractivity contribution in [1.82, 2.24) is 9.62 Å². The molecule has 1 saturated heterocycles. The van der Waals surface area contributed by atoms with Crippen LogP contribution >= 0.6 is 11.6 Å². The van der Waals surface area contributed by atoms with Gasteiger partial charge in [0.15, 0.2) is 6.10 Å². The summed E-state index contributed by atoms with van der Waals surface area (Å²) in [6, 6.07) is 3.92. The van der Waals surface area contributed by atoms with E-state index >= 15 is 0 Å². The first-order chi connectivity index (χ1) is 12.3. The number of benzene rings is 1. The van der Waals surface area contributed by atoms with Crippen LogP contribution in [0.4, 0.5) is 0 Å². The average Bonchev–Trinajstić information content (AvgIpc) is 3.15. The highest BCUT2D eigenvalue weighted by Crippen LogP contribution is 2.26. The molecule has 0 spiro atoms. The Morgan fingerprint density at radius 1 is 1.31 bits per heavy atom. The summed E-state index contributed by atoms with van der Waals surface area (Å²) in [5.41, 5.74) is -0.0814. The van der Waals surface area contributed by atoms with E-state index in [0.29, 0.717) is 19.6 Å². The second-order valence-electron chi connectivity index (χ2n) is 6.09. The molecule has 0 saturated carbocycles. The highest BCUT2D eigenvalue weighted by Gasteiger charge is 2.29. The average molecular weight is 403 g/mol. The summed E-state index contributed by atoms with van der Waals surface area (Å²) >= 11 is 6.04. The first-order valence-electron chi connectivity index (χ1n) is 8.55. The smallest absolute Gasteiger partial charge is 0.340 e. The minimum Gasteiger partial charge on any atom is -0.449 e. The lowest BCUT2D eigenvalue weighted by Crippen LogP contribution is -2.36. The Morgan fingerprint density at radius 2 is 1.96 bits per heavy atom. The number of amides is 1. The fourth-order valence-corrected chi connectivity index (χ4v) is 4.31. The van der Waals surface area contributed by atoms with Crippen LogP contribution in [0.5, 0.6) is 0 Å². The third kappa shape index (κ3) is 4.75. The molecule has 2 rings (SSSR count). The number of sulfonamides is 1. The number of halogens is 1. The van der Waals surface area contributed by atoms with Crippen LogP contribution in [-0.4, -0.2) is 50.3 Å². The third-order valence-corrected chi connectivity index (χ3v) is 6.29. The number of carbonyl (C=O) groups excluding carboxylic acids is 2. The Morgan fingerprint density at radius 3 is 2.58 bits per heavy atom. The highest BCUT2D eigenvalue weighted by atomic mass is 35.5. The van der Waals surface area contributed by atoms with Gasteiger partial charge in [0.25, 0.3) is 5.91 Å². The van der Waals surface area contributed by atoms with Crippen LogP contribution in [0.2, 0.25) is 5.02 Å². The second kappa shape index (κ2) is 8.83. The maximum Gasteiger partial charge on any atom is 0.340 e. The monoisotopic (exact) mass is 402 g/mol. The van der Waals surface area contributed by atoms with Crippen molar-refractivity contribution in [3.05, 3.63) is 28.8 Å². The van der Waals surface area contributed by atoms with Gasteiger partial charge in [-0.25, -0.2) is 13.2 Å². The fraction of sp³-hybridized carbons (Fsp3) is 0.529. The molecule has 1 aromatic rings. The summed E-state index contributed by atoms with van der Waals surface area (Å²) in [5, 5.41) is 2.69. The molecule has 1 aromatic carbocycles. The van der Waals surface area contributed by atoms with Gasteiger partial charge in [-0.15, -0.1) is 0 Å². The molecule has 0 bridgehead atoms. The van der Waals surface area contributed by atoms with Gasteiger partial charge in [0.1, 0.15) is 0 Å². The number of nitrogens with one attached hydrogen (secondary N) is 1. The van der Waals surface area contributed by atoms with Crippen molar-refractivity contribution in [1.29, 1.82) is 0 Å². The van der Waals surface area contributed by atoms with Crippen LogP contribution < -0.4 is 5.32 Å². The summed E-state index contributed by atoms with van der Waals surface area (Å²) in [5.74, 6) is -1.26. The number of hydrogen-bond donors (Lipinski definition) is 1. The topological polar surface area (TPSA) is 92.8 Å². The highest BCUT2D eigenvalue weighted by molar-refractivity contribution is 7.89. The van der Waals surface area contributed by atoms with E-state index in [1.54, 1.807) is 0 Å². The van der Waals surface area contributed by atoms with E-state index in [1.807, 2.05) is 6.92 Å². The molecule has 1 unspecified atom stereocenters. The first-order valence-corrected chi connectivity index (χ1v) is 10.4. The van der Waals surface area contributed by atoms with Gasteiger partial charge in [-0.05, 0) is 44.4 Å². The summed E-state index contributed by atoms with van der Waals surface area (Å²) in [6.45, 7) is 4.74. The van der Waals surface area contributed by atoms with Crippen LogP contribution in [0, 0.1) is 0 Å². The largest absolute Gasteiger partial charge is 0.449 e. The maximum atomic E-state index is 12.6. The summed E-state index contributed by atoms with van der Waals surface area (Å²) in [7, 11) is -3.68. The molecule has 0 aromatic heterocycles. The molecule has 1 N–H and O–H groups in total. The first kappa shape index (κ1) is 20.7. The quantitative estimate of drug-likeness (QED) is 0.706. The maximum absolute atomic E-state index is 12.6. The predicted molar refractivity (Wildman–Crippen MR) is 97.6 cm³/mol. The zero-order valence-corrected chi connectivity index (χ0v) is 16.4. The molecule has 0 aliphatic carbocycles. The van der Waals surface area contributed by atoms with Crippen molar-refractivity contribution < 1.29 is 22.7 Å². The minimum absolute atomic E-state index is 0.0150. The van der Waals surface area contributed by atoms with E-state index in [9.17, 15) is 18.0 Å². The zero-order valence-electron chi connectivity index (χ0n) is 14.8. The molecule has 1 amide bonds. The Kier molecular flexibility index (Phi) is 7.02. The van der Waals surface area contributed by atoms with Crippen molar-refractivity contribution in [2.45, 2.75) is 44.1 Å². The van der Waals surface area contributed by atoms with Crippen LogP contribution in [0.3, 0.4) is 0 Å². The van der Waals surface area contributed by atoms with Crippen molar-refractivity contribution >= 4 is 33.5 Å². The minimum atomic E-state index is -3.68. The number of hydrogen-bond acceptors (Lipinski definition) is 5. The number of rotatable bonds is 7. The molecule has 1 atom stereocenters. The lowest BCUT2D eigenvalue weighted by Gasteiger charge is -2.17. The standard InChI is InChI=1S/C17H23ClN2O5S/c1-3-8-19-16(21)12(2)25-17(22)14-11-13(6-7-15(14)18)26(23,24)20-9-4-5-10-20/h6-7,11-12H,3-5,8-10H2,1-2H3,(H,19,21). The molecule has 7 nitrogen and oxygen atoms in total. The van der Waals surface area contributed by atoms with Gasteiger partial charge in [0.05, 0.1) is 15.5 Å². The molecule has 144 valence electrons. The molecule has 9 heteroatoms. The zero-order chi connectivity index (χ0) is 19.3. The van der Waals surface area contributed by atoms with E-state index in [2.05, 4.69) is 5.32 Å². The van der Waals surface area contributed by atoms with E-state index in [4.69, 9.17) is 16.3 Å². The molecule has 1 aliphatic rings. The number of nitrogens with zero attached hydrogens (tertiary/aromatic N) is 1. The van der Waals surface area contributed by atoms with Gasteiger partial charge in [-0.3, -0.25) is 4.79 Å². The van der Waals surface area contributed by atoms with E-state index in [-0.39, 0.29) is 15.5 Å². The van der Waals surface area contributed by atoms with Crippen molar-refractivity contribution in [3.63, 3.8) is 0 Å². The van der Waals surface area contributed by atoms with Gasteiger partial charge < -0.3 is 10.1 Å². The Hall–Kier alpha value is -1.64. The van der Waals surface area contributed by atoms with Gasteiger partial charge in [0, 0.05) is 19.6 Å². The van der Waals surface area contributed by atoms with Crippen molar-refractivity contribution in [2.75, 3.05) is 19.6 Å². The van der Waals surface area contributed by atoms with Crippen LogP contribution in [0.15, 0.2) is 23.1 Å². The Balaban J connectivity index is 2.18. The third-order valence-electron chi connectivity index (χ3n) is 4.06. The SMILES string of the molecule is CCCNC(=O)C(C)OC(=O)c1cc(S(=O)(=O)N2CCCC2)ccc1Cl.